The van der Waals surface area contributed by atoms with Crippen LogP contribution in [0.4, 0.5) is 13.2 Å². The maximum atomic E-state index is 12.2. The third kappa shape index (κ3) is 3.83. The zero-order valence-corrected chi connectivity index (χ0v) is 11.0. The number of hydrogen-bond acceptors (Lipinski definition) is 1. The van der Waals surface area contributed by atoms with Gasteiger partial charge in [0.2, 0.25) is 0 Å². The Hall–Kier alpha value is -0.840. The molecule has 0 amide bonds. The predicted octanol–water partition coefficient (Wildman–Crippen LogP) is 4.05. The zero-order valence-electron chi connectivity index (χ0n) is 10.2. The van der Waals surface area contributed by atoms with Crippen molar-refractivity contribution in [1.29, 1.82) is 0 Å². The van der Waals surface area contributed by atoms with Crippen LogP contribution in [0.3, 0.4) is 0 Å². The van der Waals surface area contributed by atoms with E-state index in [2.05, 4.69) is 4.74 Å². The number of hydrogen-bond donors (Lipinski definition) is 0. The van der Waals surface area contributed by atoms with E-state index >= 15 is 0 Å². The maximum absolute atomic E-state index is 12.2. The number of halogens is 3. The summed E-state index contributed by atoms with van der Waals surface area (Å²) in [5.41, 5.74) is 0.824. The van der Waals surface area contributed by atoms with E-state index in [9.17, 15) is 13.2 Å². The molecule has 18 heavy (non-hydrogen) atoms. The fourth-order valence-corrected chi connectivity index (χ4v) is 4.56. The first-order valence-corrected chi connectivity index (χ1v) is 7.55. The molecule has 1 aromatic carbocycles. The minimum absolute atomic E-state index is 0.0874. The third-order valence-corrected chi connectivity index (χ3v) is 5.34. The first kappa shape index (κ1) is 13.6. The average molecular weight is 277 g/mol. The molecule has 0 bridgehead atoms. The number of benzene rings is 1. The van der Waals surface area contributed by atoms with Gasteiger partial charge >= 0.3 is 6.36 Å². The Labute approximate surface area is 108 Å². The largest absolute Gasteiger partial charge is 0.573 e. The lowest BCUT2D eigenvalue weighted by molar-refractivity contribution is -0.274. The summed E-state index contributed by atoms with van der Waals surface area (Å²) in [5, 5.41) is 0. The molecule has 0 N–H and O–H groups in total. The summed E-state index contributed by atoms with van der Waals surface area (Å²) in [7, 11) is 0.0957. The van der Waals surface area contributed by atoms with Crippen molar-refractivity contribution in [3.8, 4) is 5.75 Å². The molecular weight excluding hydrogens is 261 g/mol. The van der Waals surface area contributed by atoms with Crippen molar-refractivity contribution in [3.63, 3.8) is 0 Å². The summed E-state index contributed by atoms with van der Waals surface area (Å²) in [6.45, 7) is 1.81. The van der Waals surface area contributed by atoms with Crippen LogP contribution in [-0.2, 0) is 10.9 Å². The fourth-order valence-electron chi connectivity index (χ4n) is 2.14. The first-order valence-electron chi connectivity index (χ1n) is 5.99. The Balaban J connectivity index is 2.20. The highest BCUT2D eigenvalue weighted by Crippen LogP contribution is 2.29. The normalized spacial score (nSPS) is 17.8. The second kappa shape index (κ2) is 5.43. The molecule has 0 atom stereocenters. The van der Waals surface area contributed by atoms with Crippen LogP contribution >= 0.6 is 0 Å². The van der Waals surface area contributed by atoms with Gasteiger partial charge in [-0.15, -0.1) is 13.2 Å². The van der Waals surface area contributed by atoms with Crippen molar-refractivity contribution in [2.75, 3.05) is 11.5 Å². The van der Waals surface area contributed by atoms with Crippen molar-refractivity contribution >= 4 is 10.9 Å². The third-order valence-electron chi connectivity index (χ3n) is 2.87. The Morgan fingerprint density at radius 1 is 1.06 bits per heavy atom. The van der Waals surface area contributed by atoms with Crippen LogP contribution in [0.2, 0.25) is 0 Å². The molecule has 1 heterocycles. The molecule has 0 radical (unpaired) electrons. The van der Waals surface area contributed by atoms with E-state index in [1.807, 2.05) is 6.07 Å². The molecule has 2 rings (SSSR count). The predicted molar refractivity (Wildman–Crippen MR) is 67.1 cm³/mol. The number of aryl methyl sites for hydroxylation is 1. The Bertz CT molecular complexity index is 411. The van der Waals surface area contributed by atoms with Gasteiger partial charge in [0.05, 0.1) is 0 Å². The van der Waals surface area contributed by atoms with Crippen LogP contribution in [-0.4, -0.2) is 17.9 Å². The minimum Gasteiger partial charge on any atom is -0.406 e. The molecule has 1 aromatic rings. The molecule has 0 spiro atoms. The highest BCUT2D eigenvalue weighted by molar-refractivity contribution is 7.96. The van der Waals surface area contributed by atoms with Gasteiger partial charge in [-0.1, -0.05) is 0 Å². The summed E-state index contributed by atoms with van der Waals surface area (Å²) in [4.78, 5) is 1.01. The van der Waals surface area contributed by atoms with E-state index in [1.165, 1.54) is 25.3 Å². The number of alkyl halides is 3. The van der Waals surface area contributed by atoms with E-state index in [1.54, 1.807) is 13.0 Å². The minimum atomic E-state index is -4.61. The van der Waals surface area contributed by atoms with Crippen LogP contribution in [0.1, 0.15) is 24.8 Å². The molecule has 0 saturated carbocycles. The summed E-state index contributed by atoms with van der Waals surface area (Å²) >= 11 is 0. The van der Waals surface area contributed by atoms with E-state index < -0.39 is 6.36 Å². The number of ether oxygens (including phenoxy) is 1. The van der Waals surface area contributed by atoms with Crippen molar-refractivity contribution in [2.45, 2.75) is 37.4 Å². The molecule has 1 aliphatic heterocycles. The molecule has 0 unspecified atom stereocenters. The average Bonchev–Trinajstić information content (AvgIpc) is 2.27. The van der Waals surface area contributed by atoms with Crippen LogP contribution in [0, 0.1) is 6.92 Å². The van der Waals surface area contributed by atoms with E-state index in [0.29, 0.717) is 0 Å². The molecule has 1 nitrogen and oxygen atoms in total. The highest BCUT2D eigenvalue weighted by atomic mass is 32.2. The van der Waals surface area contributed by atoms with Gasteiger partial charge < -0.3 is 4.74 Å². The first-order chi connectivity index (χ1) is 8.44. The Kier molecular flexibility index (Phi) is 4.10. The summed E-state index contributed by atoms with van der Waals surface area (Å²) in [6, 6.07) is 4.97. The van der Waals surface area contributed by atoms with Crippen molar-refractivity contribution in [1.82, 2.24) is 0 Å². The van der Waals surface area contributed by atoms with Gasteiger partial charge in [-0.2, -0.15) is 0 Å². The van der Waals surface area contributed by atoms with Crippen LogP contribution in [0.25, 0.3) is 0 Å². The zero-order chi connectivity index (χ0) is 13.2. The maximum Gasteiger partial charge on any atom is 0.573 e. The molecule has 0 aliphatic carbocycles. The second-order valence-corrected chi connectivity index (χ2v) is 6.76. The lowest BCUT2D eigenvalue weighted by Crippen LogP contribution is -2.19. The smallest absolute Gasteiger partial charge is 0.406 e. The van der Waals surface area contributed by atoms with Crippen molar-refractivity contribution < 1.29 is 17.9 Å². The topological polar surface area (TPSA) is 9.23 Å². The summed E-state index contributed by atoms with van der Waals surface area (Å²) < 4.78 is 40.7. The van der Waals surface area contributed by atoms with Gasteiger partial charge in [0.15, 0.2) is 4.90 Å². The van der Waals surface area contributed by atoms with Crippen molar-refractivity contribution in [2.24, 2.45) is 0 Å². The van der Waals surface area contributed by atoms with Crippen LogP contribution in [0.5, 0.6) is 5.75 Å². The molecule has 1 fully saturated rings. The highest BCUT2D eigenvalue weighted by Gasteiger charge is 2.32. The Morgan fingerprint density at radius 2 is 1.72 bits per heavy atom. The SMILES string of the molecule is Cc1cc(OC(F)(F)F)cc([S+]2CCCCC2)c1. The van der Waals surface area contributed by atoms with E-state index in [4.69, 9.17) is 0 Å². The van der Waals surface area contributed by atoms with Gasteiger partial charge in [-0.05, 0) is 43.9 Å². The van der Waals surface area contributed by atoms with Crippen LogP contribution < -0.4 is 4.74 Å². The van der Waals surface area contributed by atoms with Crippen molar-refractivity contribution in [3.05, 3.63) is 23.8 Å². The second-order valence-electron chi connectivity index (χ2n) is 4.49. The molecular formula is C13H16F3OS+. The summed E-state index contributed by atoms with van der Waals surface area (Å²) in [5.74, 6) is 2.10. The molecule has 100 valence electrons. The van der Waals surface area contributed by atoms with Crippen LogP contribution in [0.15, 0.2) is 23.1 Å². The standard InChI is InChI=1S/C13H16F3OS/c1-10-7-11(17-13(14,15)16)9-12(8-10)18-5-3-2-4-6-18/h7-9H,2-6H2,1H3/q+1. The quantitative estimate of drug-likeness (QED) is 0.741. The monoisotopic (exact) mass is 277 g/mol. The Morgan fingerprint density at radius 3 is 2.33 bits per heavy atom. The van der Waals surface area contributed by atoms with Gasteiger partial charge in [0.25, 0.3) is 0 Å². The van der Waals surface area contributed by atoms with Gasteiger partial charge in [0, 0.05) is 17.0 Å². The molecule has 1 saturated heterocycles. The van der Waals surface area contributed by atoms with E-state index in [0.717, 1.165) is 22.0 Å². The lowest BCUT2D eigenvalue weighted by Gasteiger charge is -2.15. The summed E-state index contributed by atoms with van der Waals surface area (Å²) in [6.07, 6.45) is -1.03. The molecule has 5 heteroatoms. The van der Waals surface area contributed by atoms with Gasteiger partial charge in [-0.3, -0.25) is 0 Å². The lowest BCUT2D eigenvalue weighted by atomic mass is 10.2. The molecule has 1 aliphatic rings. The fraction of sp³-hybridized carbons (Fsp3) is 0.538. The number of rotatable bonds is 2. The van der Waals surface area contributed by atoms with Gasteiger partial charge in [-0.25, -0.2) is 0 Å². The van der Waals surface area contributed by atoms with E-state index in [-0.39, 0.29) is 16.6 Å². The van der Waals surface area contributed by atoms with Gasteiger partial charge in [0.1, 0.15) is 17.3 Å². The molecule has 0 aromatic heterocycles.